The monoisotopic (exact) mass is 338 g/mol. The molecule has 5 nitrogen and oxygen atoms in total. The lowest BCUT2D eigenvalue weighted by atomic mass is 10.1. The molecule has 0 spiro atoms. The Morgan fingerprint density at radius 1 is 1.08 bits per heavy atom. The maximum Gasteiger partial charge on any atom is 0.251 e. The number of hydrogen-bond donors (Lipinski definition) is 1. The first-order valence-electron chi connectivity index (χ1n) is 8.29. The fourth-order valence-electron chi connectivity index (χ4n) is 2.40. The summed E-state index contributed by atoms with van der Waals surface area (Å²) < 4.78 is 11.2. The minimum Gasteiger partial charge on any atom is -0.490 e. The van der Waals surface area contributed by atoms with Crippen molar-refractivity contribution in [1.82, 2.24) is 5.32 Å². The number of rotatable bonds is 7. The summed E-state index contributed by atoms with van der Waals surface area (Å²) >= 11 is 0. The van der Waals surface area contributed by atoms with Crippen LogP contribution in [-0.4, -0.2) is 19.1 Å². The predicted octanol–water partition coefficient (Wildman–Crippen LogP) is 3.85. The number of carbonyl (C=O) groups excluding carboxylic acids is 1. The third-order valence-corrected chi connectivity index (χ3v) is 3.69. The molecule has 0 saturated carbocycles. The second-order valence-corrected chi connectivity index (χ2v) is 5.46. The molecular weight excluding hydrogens is 316 g/mol. The summed E-state index contributed by atoms with van der Waals surface area (Å²) in [6.45, 7) is 6.84. The largest absolute Gasteiger partial charge is 0.490 e. The molecule has 0 aliphatic carbocycles. The highest BCUT2D eigenvalue weighted by Gasteiger charge is 2.14. The Balaban J connectivity index is 2.13. The molecule has 1 amide bonds. The number of amides is 1. The van der Waals surface area contributed by atoms with Crippen LogP contribution in [0.25, 0.3) is 0 Å². The number of hydrogen-bond acceptors (Lipinski definition) is 4. The van der Waals surface area contributed by atoms with Gasteiger partial charge in [-0.25, -0.2) is 0 Å². The van der Waals surface area contributed by atoms with Crippen LogP contribution in [-0.2, 0) is 0 Å². The molecule has 25 heavy (non-hydrogen) atoms. The molecule has 1 atom stereocenters. The Morgan fingerprint density at radius 2 is 1.72 bits per heavy atom. The molecule has 0 unspecified atom stereocenters. The fraction of sp³-hybridized carbons (Fsp3) is 0.300. The topological polar surface area (TPSA) is 71.3 Å². The molecule has 2 aromatic rings. The van der Waals surface area contributed by atoms with Gasteiger partial charge in [0.2, 0.25) is 0 Å². The van der Waals surface area contributed by atoms with Crippen LogP contribution in [0.15, 0.2) is 42.5 Å². The van der Waals surface area contributed by atoms with E-state index in [0.29, 0.717) is 35.8 Å². The maximum absolute atomic E-state index is 12.4. The van der Waals surface area contributed by atoms with Gasteiger partial charge in [0.05, 0.1) is 30.9 Å². The molecule has 0 bridgehead atoms. The number of benzene rings is 2. The van der Waals surface area contributed by atoms with Crippen LogP contribution in [0.2, 0.25) is 0 Å². The van der Waals surface area contributed by atoms with Crippen molar-refractivity contribution in [3.63, 3.8) is 0 Å². The zero-order valence-electron chi connectivity index (χ0n) is 14.7. The Labute approximate surface area is 148 Å². The highest BCUT2D eigenvalue weighted by atomic mass is 16.5. The summed E-state index contributed by atoms with van der Waals surface area (Å²) in [6.07, 6.45) is 0. The zero-order valence-corrected chi connectivity index (χ0v) is 14.7. The van der Waals surface area contributed by atoms with E-state index in [9.17, 15) is 4.79 Å². The lowest BCUT2D eigenvalue weighted by molar-refractivity contribution is 0.0940. The zero-order chi connectivity index (χ0) is 18.2. The Morgan fingerprint density at radius 3 is 2.32 bits per heavy atom. The molecule has 0 aliphatic heterocycles. The van der Waals surface area contributed by atoms with E-state index in [1.54, 1.807) is 24.3 Å². The van der Waals surface area contributed by atoms with Crippen LogP contribution in [0.1, 0.15) is 48.3 Å². The van der Waals surface area contributed by atoms with Gasteiger partial charge in [-0.15, -0.1) is 0 Å². The van der Waals surface area contributed by atoms with Crippen molar-refractivity contribution in [1.29, 1.82) is 5.26 Å². The highest BCUT2D eigenvalue weighted by Crippen LogP contribution is 2.30. The molecule has 130 valence electrons. The fourth-order valence-corrected chi connectivity index (χ4v) is 2.40. The van der Waals surface area contributed by atoms with Crippen LogP contribution >= 0.6 is 0 Å². The van der Waals surface area contributed by atoms with Gasteiger partial charge in [0, 0.05) is 5.56 Å². The van der Waals surface area contributed by atoms with Gasteiger partial charge in [0.15, 0.2) is 11.5 Å². The Kier molecular flexibility index (Phi) is 6.41. The molecule has 2 aromatic carbocycles. The average molecular weight is 338 g/mol. The first kappa shape index (κ1) is 18.3. The smallest absolute Gasteiger partial charge is 0.251 e. The third kappa shape index (κ3) is 4.74. The molecule has 0 saturated heterocycles. The first-order valence-corrected chi connectivity index (χ1v) is 8.29. The normalized spacial score (nSPS) is 11.3. The summed E-state index contributed by atoms with van der Waals surface area (Å²) in [4.78, 5) is 12.4. The van der Waals surface area contributed by atoms with Gasteiger partial charge < -0.3 is 14.8 Å². The lowest BCUT2D eigenvalue weighted by Gasteiger charge is -2.17. The SMILES string of the molecule is CCOc1ccc([C@H](C)NC(=O)c2ccc(C#N)cc2)cc1OCC. The van der Waals surface area contributed by atoms with Crippen LogP contribution < -0.4 is 14.8 Å². The van der Waals surface area contributed by atoms with Gasteiger partial charge in [-0.2, -0.15) is 5.26 Å². The molecule has 1 N–H and O–H groups in total. The molecule has 0 heterocycles. The molecule has 0 aromatic heterocycles. The molecule has 5 heteroatoms. The molecular formula is C20H22N2O3. The first-order chi connectivity index (χ1) is 12.1. The summed E-state index contributed by atoms with van der Waals surface area (Å²) in [5.74, 6) is 1.17. The van der Waals surface area contributed by atoms with Crippen molar-refractivity contribution in [2.75, 3.05) is 13.2 Å². The number of nitrogens with one attached hydrogen (secondary N) is 1. The average Bonchev–Trinajstić information content (AvgIpc) is 2.63. The van der Waals surface area contributed by atoms with E-state index in [4.69, 9.17) is 14.7 Å². The van der Waals surface area contributed by atoms with E-state index in [0.717, 1.165) is 5.56 Å². The molecule has 2 rings (SSSR count). The molecule has 0 aliphatic rings. The van der Waals surface area contributed by atoms with Crippen molar-refractivity contribution >= 4 is 5.91 Å². The van der Waals surface area contributed by atoms with E-state index < -0.39 is 0 Å². The second kappa shape index (κ2) is 8.74. The number of ether oxygens (including phenoxy) is 2. The van der Waals surface area contributed by atoms with Crippen LogP contribution in [0.5, 0.6) is 11.5 Å². The van der Waals surface area contributed by atoms with E-state index in [1.165, 1.54) is 0 Å². The highest BCUT2D eigenvalue weighted by molar-refractivity contribution is 5.94. The van der Waals surface area contributed by atoms with Gasteiger partial charge in [0.1, 0.15) is 0 Å². The quantitative estimate of drug-likeness (QED) is 0.832. The number of nitrogens with zero attached hydrogens (tertiary/aromatic N) is 1. The van der Waals surface area contributed by atoms with Crippen molar-refractivity contribution in [2.45, 2.75) is 26.8 Å². The molecule has 0 fully saturated rings. The van der Waals surface area contributed by atoms with Crippen molar-refractivity contribution < 1.29 is 14.3 Å². The van der Waals surface area contributed by atoms with Gasteiger partial charge in [-0.3, -0.25) is 4.79 Å². The van der Waals surface area contributed by atoms with Gasteiger partial charge in [-0.05, 0) is 62.7 Å². The van der Waals surface area contributed by atoms with E-state index >= 15 is 0 Å². The third-order valence-electron chi connectivity index (χ3n) is 3.69. The van der Waals surface area contributed by atoms with Crippen LogP contribution in [0.3, 0.4) is 0 Å². The summed E-state index contributed by atoms with van der Waals surface area (Å²) in [5, 5.41) is 11.8. The predicted molar refractivity (Wildman–Crippen MR) is 95.8 cm³/mol. The van der Waals surface area contributed by atoms with Gasteiger partial charge >= 0.3 is 0 Å². The van der Waals surface area contributed by atoms with Gasteiger partial charge in [-0.1, -0.05) is 6.07 Å². The molecule has 0 radical (unpaired) electrons. The van der Waals surface area contributed by atoms with Crippen molar-refractivity contribution in [3.05, 3.63) is 59.2 Å². The Hall–Kier alpha value is -3.00. The lowest BCUT2D eigenvalue weighted by Crippen LogP contribution is -2.26. The van der Waals surface area contributed by atoms with Crippen molar-refractivity contribution in [3.8, 4) is 17.6 Å². The van der Waals surface area contributed by atoms with Crippen LogP contribution in [0.4, 0.5) is 0 Å². The number of carbonyl (C=O) groups is 1. The van der Waals surface area contributed by atoms with Gasteiger partial charge in [0.25, 0.3) is 5.91 Å². The minimum atomic E-state index is -0.196. The standard InChI is InChI=1S/C20H22N2O3/c1-4-24-18-11-10-17(12-19(18)25-5-2)14(3)22-20(23)16-8-6-15(13-21)7-9-16/h6-12,14H,4-5H2,1-3H3,(H,22,23)/t14-/m0/s1. The summed E-state index contributed by atoms with van der Waals surface area (Å²) in [6, 6.07) is 14.0. The maximum atomic E-state index is 12.4. The number of nitriles is 1. The Bertz CT molecular complexity index is 764. The minimum absolute atomic E-state index is 0.191. The van der Waals surface area contributed by atoms with Crippen LogP contribution in [0, 0.1) is 11.3 Å². The summed E-state index contributed by atoms with van der Waals surface area (Å²) in [7, 11) is 0. The van der Waals surface area contributed by atoms with E-state index in [1.807, 2.05) is 45.0 Å². The van der Waals surface area contributed by atoms with E-state index in [-0.39, 0.29) is 11.9 Å². The van der Waals surface area contributed by atoms with E-state index in [2.05, 4.69) is 5.32 Å². The summed E-state index contributed by atoms with van der Waals surface area (Å²) in [5.41, 5.74) is 1.97. The second-order valence-electron chi connectivity index (χ2n) is 5.46. The van der Waals surface area contributed by atoms with Crippen molar-refractivity contribution in [2.24, 2.45) is 0 Å².